The Morgan fingerprint density at radius 2 is 2.00 bits per heavy atom. The first-order chi connectivity index (χ1) is 9.67. The summed E-state index contributed by atoms with van der Waals surface area (Å²) in [7, 11) is 1.62. The average molecular weight is 275 g/mol. The topological polar surface area (TPSA) is 70.2 Å². The average Bonchev–Trinajstić information content (AvgIpc) is 2.93. The highest BCUT2D eigenvalue weighted by atomic mass is 16.2. The molecule has 1 unspecified atom stereocenters. The van der Waals surface area contributed by atoms with Gasteiger partial charge in [-0.05, 0) is 37.1 Å². The monoisotopic (exact) mass is 275 g/mol. The van der Waals surface area contributed by atoms with Gasteiger partial charge in [0.2, 0.25) is 11.8 Å². The summed E-state index contributed by atoms with van der Waals surface area (Å²) < 4.78 is 0. The van der Waals surface area contributed by atoms with Crippen molar-refractivity contribution in [2.75, 3.05) is 18.9 Å². The Morgan fingerprint density at radius 1 is 1.25 bits per heavy atom. The largest absolute Gasteiger partial charge is 0.359 e. The molecule has 1 heterocycles. The van der Waals surface area contributed by atoms with Crippen LogP contribution in [0.5, 0.6) is 0 Å². The summed E-state index contributed by atoms with van der Waals surface area (Å²) >= 11 is 0. The summed E-state index contributed by atoms with van der Waals surface area (Å²) in [6.45, 7) is 1.01. The molecule has 1 aliphatic rings. The Hall–Kier alpha value is -1.88. The van der Waals surface area contributed by atoms with Crippen LogP contribution in [0, 0.1) is 0 Å². The van der Waals surface area contributed by atoms with Crippen molar-refractivity contribution in [2.24, 2.45) is 0 Å². The van der Waals surface area contributed by atoms with Crippen LogP contribution in [0.2, 0.25) is 0 Å². The van der Waals surface area contributed by atoms with E-state index >= 15 is 0 Å². The minimum absolute atomic E-state index is 0.0194. The van der Waals surface area contributed by atoms with Crippen LogP contribution in [-0.4, -0.2) is 31.4 Å². The molecule has 5 nitrogen and oxygen atoms in total. The summed E-state index contributed by atoms with van der Waals surface area (Å²) in [5, 5.41) is 8.77. The molecule has 0 radical (unpaired) electrons. The lowest BCUT2D eigenvalue weighted by molar-refractivity contribution is -0.120. The van der Waals surface area contributed by atoms with Gasteiger partial charge in [-0.25, -0.2) is 0 Å². The van der Waals surface area contributed by atoms with Crippen molar-refractivity contribution in [2.45, 2.75) is 31.7 Å². The molecule has 5 heteroatoms. The third kappa shape index (κ3) is 4.35. The number of hydrogen-bond acceptors (Lipinski definition) is 3. The van der Waals surface area contributed by atoms with Gasteiger partial charge >= 0.3 is 0 Å². The Morgan fingerprint density at radius 3 is 2.60 bits per heavy atom. The standard InChI is InChI=1S/C15H21N3O2/c1-16-14(19)9-11-4-6-12(7-5-11)18-15(20)10-13-3-2-8-17-13/h4-7,13,17H,2-3,8-10H2,1H3,(H,16,19)(H,18,20). The molecule has 0 saturated carbocycles. The molecule has 0 spiro atoms. The van der Waals surface area contributed by atoms with Gasteiger partial charge in [0.15, 0.2) is 0 Å². The Kier molecular flexibility index (Phi) is 5.12. The lowest BCUT2D eigenvalue weighted by atomic mass is 10.1. The molecule has 2 rings (SSSR count). The van der Waals surface area contributed by atoms with E-state index in [1.54, 1.807) is 7.05 Å². The SMILES string of the molecule is CNC(=O)Cc1ccc(NC(=O)CC2CCCN2)cc1. The number of nitrogens with one attached hydrogen (secondary N) is 3. The zero-order valence-electron chi connectivity index (χ0n) is 11.7. The molecule has 1 atom stereocenters. The second kappa shape index (κ2) is 7.05. The van der Waals surface area contributed by atoms with Gasteiger partial charge in [-0.2, -0.15) is 0 Å². The molecule has 0 aromatic heterocycles. The number of likely N-dealkylation sites (N-methyl/N-ethyl adjacent to an activating group) is 1. The van der Waals surface area contributed by atoms with Crippen molar-refractivity contribution in [1.82, 2.24) is 10.6 Å². The lowest BCUT2D eigenvalue weighted by Crippen LogP contribution is -2.27. The first-order valence-corrected chi connectivity index (χ1v) is 7.00. The first kappa shape index (κ1) is 14.5. The molecule has 1 aromatic carbocycles. The van der Waals surface area contributed by atoms with Crippen molar-refractivity contribution in [3.8, 4) is 0 Å². The predicted octanol–water partition coefficient (Wildman–Crippen LogP) is 1.06. The highest BCUT2D eigenvalue weighted by Crippen LogP contribution is 2.13. The van der Waals surface area contributed by atoms with E-state index in [0.717, 1.165) is 30.6 Å². The highest BCUT2D eigenvalue weighted by Gasteiger charge is 2.17. The summed E-state index contributed by atoms with van der Waals surface area (Å²) in [4.78, 5) is 23.1. The molecule has 20 heavy (non-hydrogen) atoms. The molecular weight excluding hydrogens is 254 g/mol. The van der Waals surface area contributed by atoms with Crippen molar-refractivity contribution < 1.29 is 9.59 Å². The van der Waals surface area contributed by atoms with E-state index in [-0.39, 0.29) is 11.8 Å². The van der Waals surface area contributed by atoms with Gasteiger partial charge in [-0.15, -0.1) is 0 Å². The Bertz CT molecular complexity index is 465. The van der Waals surface area contributed by atoms with E-state index in [4.69, 9.17) is 0 Å². The van der Waals surface area contributed by atoms with Gasteiger partial charge in [0.25, 0.3) is 0 Å². The van der Waals surface area contributed by atoms with E-state index in [1.807, 2.05) is 24.3 Å². The molecule has 1 saturated heterocycles. The minimum Gasteiger partial charge on any atom is -0.359 e. The van der Waals surface area contributed by atoms with E-state index in [1.165, 1.54) is 0 Å². The van der Waals surface area contributed by atoms with Gasteiger partial charge < -0.3 is 16.0 Å². The highest BCUT2D eigenvalue weighted by molar-refractivity contribution is 5.91. The number of benzene rings is 1. The molecule has 108 valence electrons. The van der Waals surface area contributed by atoms with Crippen LogP contribution in [0.15, 0.2) is 24.3 Å². The van der Waals surface area contributed by atoms with Crippen molar-refractivity contribution in [3.63, 3.8) is 0 Å². The van der Waals surface area contributed by atoms with Gasteiger partial charge in [0.1, 0.15) is 0 Å². The molecule has 1 aromatic rings. The number of hydrogen-bond donors (Lipinski definition) is 3. The molecule has 0 bridgehead atoms. The summed E-state index contributed by atoms with van der Waals surface area (Å²) in [5.74, 6) is 0.0116. The van der Waals surface area contributed by atoms with Crippen molar-refractivity contribution in [3.05, 3.63) is 29.8 Å². The van der Waals surface area contributed by atoms with E-state index < -0.39 is 0 Å². The van der Waals surface area contributed by atoms with Crippen LogP contribution in [0.4, 0.5) is 5.69 Å². The molecule has 1 fully saturated rings. The third-order valence-corrected chi connectivity index (χ3v) is 3.48. The quantitative estimate of drug-likeness (QED) is 0.752. The maximum Gasteiger partial charge on any atom is 0.225 e. The van der Waals surface area contributed by atoms with Crippen LogP contribution in [0.1, 0.15) is 24.8 Å². The van der Waals surface area contributed by atoms with Crippen LogP contribution in [-0.2, 0) is 16.0 Å². The van der Waals surface area contributed by atoms with Crippen molar-refractivity contribution >= 4 is 17.5 Å². The van der Waals surface area contributed by atoms with E-state index in [2.05, 4.69) is 16.0 Å². The fourth-order valence-corrected chi connectivity index (χ4v) is 2.35. The Balaban J connectivity index is 1.83. The van der Waals surface area contributed by atoms with Crippen LogP contribution in [0.25, 0.3) is 0 Å². The van der Waals surface area contributed by atoms with E-state index in [9.17, 15) is 9.59 Å². The predicted molar refractivity (Wildman–Crippen MR) is 78.5 cm³/mol. The molecule has 3 N–H and O–H groups in total. The minimum atomic E-state index is -0.0194. The molecule has 0 aliphatic carbocycles. The van der Waals surface area contributed by atoms with Gasteiger partial charge in [0, 0.05) is 25.2 Å². The number of carbonyl (C=O) groups excluding carboxylic acids is 2. The summed E-state index contributed by atoms with van der Waals surface area (Å²) in [6, 6.07) is 7.69. The van der Waals surface area contributed by atoms with E-state index in [0.29, 0.717) is 18.9 Å². The zero-order valence-corrected chi connectivity index (χ0v) is 11.7. The van der Waals surface area contributed by atoms with Gasteiger partial charge in [-0.1, -0.05) is 12.1 Å². The van der Waals surface area contributed by atoms with Gasteiger partial charge in [0.05, 0.1) is 6.42 Å². The van der Waals surface area contributed by atoms with Crippen LogP contribution < -0.4 is 16.0 Å². The number of anilines is 1. The smallest absolute Gasteiger partial charge is 0.225 e. The third-order valence-electron chi connectivity index (χ3n) is 3.48. The maximum atomic E-state index is 11.9. The number of carbonyl (C=O) groups is 2. The normalized spacial score (nSPS) is 17.8. The molecule has 1 aliphatic heterocycles. The summed E-state index contributed by atoms with van der Waals surface area (Å²) in [6.07, 6.45) is 3.08. The Labute approximate surface area is 119 Å². The first-order valence-electron chi connectivity index (χ1n) is 7.00. The van der Waals surface area contributed by atoms with Crippen LogP contribution >= 0.6 is 0 Å². The molecule has 2 amide bonds. The van der Waals surface area contributed by atoms with Crippen LogP contribution in [0.3, 0.4) is 0 Å². The number of rotatable bonds is 5. The van der Waals surface area contributed by atoms with Crippen molar-refractivity contribution in [1.29, 1.82) is 0 Å². The van der Waals surface area contributed by atoms with Gasteiger partial charge in [-0.3, -0.25) is 9.59 Å². The second-order valence-corrected chi connectivity index (χ2v) is 5.09. The fourth-order valence-electron chi connectivity index (χ4n) is 2.35. The fraction of sp³-hybridized carbons (Fsp3) is 0.467. The number of amides is 2. The second-order valence-electron chi connectivity index (χ2n) is 5.09. The molecular formula is C15H21N3O2. The zero-order chi connectivity index (χ0) is 14.4. The maximum absolute atomic E-state index is 11.9. The lowest BCUT2D eigenvalue weighted by Gasteiger charge is -2.10. The summed E-state index contributed by atoms with van der Waals surface area (Å²) in [5.41, 5.74) is 1.70.